The van der Waals surface area contributed by atoms with Crippen molar-refractivity contribution in [3.8, 4) is 11.4 Å². The number of benzene rings is 1. The minimum atomic E-state index is -0.494. The van der Waals surface area contributed by atoms with Crippen molar-refractivity contribution in [2.24, 2.45) is 0 Å². The Bertz CT molecular complexity index is 773. The Morgan fingerprint density at radius 2 is 2.04 bits per heavy atom. The molecular weight excluding hydrogens is 328 g/mol. The van der Waals surface area contributed by atoms with E-state index in [9.17, 15) is 9.59 Å². The van der Waals surface area contributed by atoms with E-state index < -0.39 is 5.25 Å². The third-order valence-electron chi connectivity index (χ3n) is 3.73. The second kappa shape index (κ2) is 6.52. The van der Waals surface area contributed by atoms with E-state index in [0.29, 0.717) is 24.1 Å². The summed E-state index contributed by atoms with van der Waals surface area (Å²) in [6.07, 6.45) is 0. The van der Waals surface area contributed by atoms with Crippen LogP contribution in [0.4, 0.5) is 4.79 Å². The molecule has 1 aromatic carbocycles. The van der Waals surface area contributed by atoms with Gasteiger partial charge in [-0.25, -0.2) is 9.47 Å². The van der Waals surface area contributed by atoms with Crippen molar-refractivity contribution in [2.45, 2.75) is 24.3 Å². The average molecular weight is 346 g/mol. The molecule has 1 aromatic heterocycles. The van der Waals surface area contributed by atoms with Gasteiger partial charge in [-0.3, -0.25) is 9.69 Å². The van der Waals surface area contributed by atoms with Crippen LogP contribution in [0, 0.1) is 6.92 Å². The number of thioether (sulfide) groups is 1. The topological polar surface area (TPSA) is 106 Å². The summed E-state index contributed by atoms with van der Waals surface area (Å²) >= 11 is 1.18. The molecule has 1 aliphatic heterocycles. The maximum Gasteiger partial charge on any atom is 0.324 e. The van der Waals surface area contributed by atoms with E-state index in [1.807, 2.05) is 31.2 Å². The molecule has 1 aliphatic rings. The first-order valence-corrected chi connectivity index (χ1v) is 8.38. The molecule has 0 spiro atoms. The summed E-state index contributed by atoms with van der Waals surface area (Å²) < 4.78 is 1.36. The summed E-state index contributed by atoms with van der Waals surface area (Å²) in [7, 11) is 0. The molecule has 126 valence electrons. The van der Waals surface area contributed by atoms with Crippen molar-refractivity contribution in [2.75, 3.05) is 18.9 Å². The van der Waals surface area contributed by atoms with Crippen LogP contribution in [-0.2, 0) is 4.79 Å². The standard InChI is InChI=1S/C15H18N6O2S/c1-9-3-5-11(6-4-9)12-18-19-15(21(12)16)24-10(2)13(22)20-8-7-17-14(20)23/h3-6,10H,7-8,16H2,1-2H3,(H,17,23)/t10-/m1/s1. The van der Waals surface area contributed by atoms with E-state index in [1.165, 1.54) is 21.3 Å². The minimum Gasteiger partial charge on any atom is -0.336 e. The van der Waals surface area contributed by atoms with E-state index in [2.05, 4.69) is 15.5 Å². The number of rotatable bonds is 4. The predicted octanol–water partition coefficient (Wildman–Crippen LogP) is 1.000. The lowest BCUT2D eigenvalue weighted by Gasteiger charge is -2.16. The zero-order chi connectivity index (χ0) is 17.3. The lowest BCUT2D eigenvalue weighted by atomic mass is 10.1. The van der Waals surface area contributed by atoms with Crippen molar-refractivity contribution >= 4 is 23.7 Å². The molecule has 9 heteroatoms. The van der Waals surface area contributed by atoms with Gasteiger partial charge in [-0.1, -0.05) is 41.6 Å². The molecule has 2 aromatic rings. The highest BCUT2D eigenvalue weighted by Crippen LogP contribution is 2.26. The van der Waals surface area contributed by atoms with E-state index in [1.54, 1.807) is 6.92 Å². The van der Waals surface area contributed by atoms with Crippen molar-refractivity contribution in [1.82, 2.24) is 25.1 Å². The van der Waals surface area contributed by atoms with Crippen LogP contribution >= 0.6 is 11.8 Å². The number of amides is 3. The smallest absolute Gasteiger partial charge is 0.324 e. The van der Waals surface area contributed by atoms with Gasteiger partial charge < -0.3 is 11.2 Å². The summed E-state index contributed by atoms with van der Waals surface area (Å²) in [5.74, 6) is 6.32. The third kappa shape index (κ3) is 3.07. The highest BCUT2D eigenvalue weighted by molar-refractivity contribution is 8.00. The first kappa shape index (κ1) is 16.3. The summed E-state index contributed by atoms with van der Waals surface area (Å²) in [5, 5.41) is 10.7. The number of nitrogens with two attached hydrogens (primary N) is 1. The van der Waals surface area contributed by atoms with Gasteiger partial charge in [0.25, 0.3) is 0 Å². The van der Waals surface area contributed by atoms with Crippen molar-refractivity contribution < 1.29 is 9.59 Å². The van der Waals surface area contributed by atoms with Crippen LogP contribution in [-0.4, -0.2) is 50.1 Å². The number of aryl methyl sites for hydroxylation is 1. The summed E-state index contributed by atoms with van der Waals surface area (Å²) in [6, 6.07) is 7.41. The molecule has 8 nitrogen and oxygen atoms in total. The number of carbonyl (C=O) groups is 2. The normalized spacial score (nSPS) is 15.4. The number of urea groups is 1. The van der Waals surface area contributed by atoms with Crippen LogP contribution in [0.2, 0.25) is 0 Å². The first-order valence-electron chi connectivity index (χ1n) is 7.51. The van der Waals surface area contributed by atoms with E-state index >= 15 is 0 Å². The quantitative estimate of drug-likeness (QED) is 0.632. The fourth-order valence-corrected chi connectivity index (χ4v) is 3.20. The molecular formula is C15H18N6O2S. The van der Waals surface area contributed by atoms with Gasteiger partial charge in [-0.15, -0.1) is 10.2 Å². The maximum atomic E-state index is 12.3. The zero-order valence-electron chi connectivity index (χ0n) is 13.4. The van der Waals surface area contributed by atoms with Gasteiger partial charge >= 0.3 is 6.03 Å². The lowest BCUT2D eigenvalue weighted by molar-refractivity contribution is -0.126. The van der Waals surface area contributed by atoms with Gasteiger partial charge in [0.15, 0.2) is 5.82 Å². The number of nitrogens with zero attached hydrogens (tertiary/aromatic N) is 4. The molecule has 3 rings (SSSR count). The van der Waals surface area contributed by atoms with E-state index in [-0.39, 0.29) is 11.9 Å². The third-order valence-corrected chi connectivity index (χ3v) is 4.77. The second-order valence-electron chi connectivity index (χ2n) is 5.52. The molecule has 0 bridgehead atoms. The molecule has 0 saturated carbocycles. The van der Waals surface area contributed by atoms with E-state index in [0.717, 1.165) is 11.1 Å². The Labute approximate surface area is 143 Å². The van der Waals surface area contributed by atoms with Crippen LogP contribution in [0.15, 0.2) is 29.4 Å². The lowest BCUT2D eigenvalue weighted by Crippen LogP contribution is -2.39. The van der Waals surface area contributed by atoms with Crippen LogP contribution in [0.25, 0.3) is 11.4 Å². The summed E-state index contributed by atoms with van der Waals surface area (Å²) in [5.41, 5.74) is 1.99. The van der Waals surface area contributed by atoms with Crippen molar-refractivity contribution in [1.29, 1.82) is 0 Å². The monoisotopic (exact) mass is 346 g/mol. The highest BCUT2D eigenvalue weighted by atomic mass is 32.2. The zero-order valence-corrected chi connectivity index (χ0v) is 14.2. The number of imide groups is 1. The number of hydrogen-bond donors (Lipinski definition) is 2. The summed E-state index contributed by atoms with van der Waals surface area (Å²) in [6.45, 7) is 4.58. The molecule has 0 radical (unpaired) electrons. The first-order chi connectivity index (χ1) is 11.5. The molecule has 0 unspecified atom stereocenters. The molecule has 0 aliphatic carbocycles. The number of nitrogens with one attached hydrogen (secondary N) is 1. The average Bonchev–Trinajstić information content (AvgIpc) is 3.14. The minimum absolute atomic E-state index is 0.269. The SMILES string of the molecule is Cc1ccc(-c2nnc(S[C@H](C)C(=O)N3CCNC3=O)n2N)cc1. The Morgan fingerprint density at radius 1 is 1.33 bits per heavy atom. The molecule has 1 saturated heterocycles. The van der Waals surface area contributed by atoms with Gasteiger partial charge in [-0.05, 0) is 13.8 Å². The highest BCUT2D eigenvalue weighted by Gasteiger charge is 2.31. The Hall–Kier alpha value is -2.55. The Balaban J connectivity index is 1.75. The van der Waals surface area contributed by atoms with Crippen molar-refractivity contribution in [3.05, 3.63) is 29.8 Å². The van der Waals surface area contributed by atoms with Gasteiger partial charge in [0, 0.05) is 18.7 Å². The van der Waals surface area contributed by atoms with Gasteiger partial charge in [0.1, 0.15) is 0 Å². The molecule has 24 heavy (non-hydrogen) atoms. The van der Waals surface area contributed by atoms with Gasteiger partial charge in [-0.2, -0.15) is 0 Å². The maximum absolute atomic E-state index is 12.3. The molecule has 2 heterocycles. The van der Waals surface area contributed by atoms with Crippen LogP contribution < -0.4 is 11.2 Å². The molecule has 1 atom stereocenters. The number of hydrogen-bond acceptors (Lipinski definition) is 6. The predicted molar refractivity (Wildman–Crippen MR) is 90.8 cm³/mol. The largest absolute Gasteiger partial charge is 0.336 e. The molecule has 1 fully saturated rings. The summed E-state index contributed by atoms with van der Waals surface area (Å²) in [4.78, 5) is 25.1. The Kier molecular flexibility index (Phi) is 4.43. The van der Waals surface area contributed by atoms with Crippen LogP contribution in [0.1, 0.15) is 12.5 Å². The Morgan fingerprint density at radius 3 is 2.67 bits per heavy atom. The fraction of sp³-hybridized carbons (Fsp3) is 0.333. The number of carbonyl (C=O) groups excluding carboxylic acids is 2. The van der Waals surface area contributed by atoms with Crippen LogP contribution in [0.5, 0.6) is 0 Å². The fourth-order valence-electron chi connectivity index (χ4n) is 2.37. The molecule has 3 N–H and O–H groups in total. The van der Waals surface area contributed by atoms with Crippen molar-refractivity contribution in [3.63, 3.8) is 0 Å². The van der Waals surface area contributed by atoms with E-state index in [4.69, 9.17) is 5.84 Å². The number of nitrogen functional groups attached to an aromatic ring is 1. The van der Waals surface area contributed by atoms with Crippen LogP contribution in [0.3, 0.4) is 0 Å². The van der Waals surface area contributed by atoms with Gasteiger partial charge in [0.05, 0.1) is 5.25 Å². The second-order valence-corrected chi connectivity index (χ2v) is 6.83. The molecule has 3 amide bonds. The number of aromatic nitrogens is 3. The van der Waals surface area contributed by atoms with Gasteiger partial charge in [0.2, 0.25) is 11.1 Å².